The molecule has 0 atom stereocenters. The van der Waals surface area contributed by atoms with Crippen molar-refractivity contribution in [3.63, 3.8) is 0 Å². The van der Waals surface area contributed by atoms with Crippen molar-refractivity contribution in [2.45, 2.75) is 6.42 Å². The molecule has 0 aromatic heterocycles. The Kier molecular flexibility index (Phi) is 6.45. The zero-order valence-corrected chi connectivity index (χ0v) is 13.3. The second-order valence-electron chi connectivity index (χ2n) is 5.14. The number of hydrogen-bond acceptors (Lipinski definition) is 4. The summed E-state index contributed by atoms with van der Waals surface area (Å²) in [4.78, 5) is 23.6. The van der Waals surface area contributed by atoms with Crippen molar-refractivity contribution in [1.29, 1.82) is 0 Å². The van der Waals surface area contributed by atoms with Crippen LogP contribution in [0.25, 0.3) is 0 Å². The van der Waals surface area contributed by atoms with Gasteiger partial charge in [-0.05, 0) is 42.8 Å². The maximum absolute atomic E-state index is 12.8. The molecule has 0 aliphatic rings. The topological polar surface area (TPSA) is 67.4 Å². The molecule has 0 saturated carbocycles. The van der Waals surface area contributed by atoms with Crippen LogP contribution >= 0.6 is 0 Å². The van der Waals surface area contributed by atoms with Crippen LogP contribution in [0.3, 0.4) is 0 Å². The third-order valence-electron chi connectivity index (χ3n) is 3.40. The summed E-state index contributed by atoms with van der Waals surface area (Å²) >= 11 is 0. The summed E-state index contributed by atoms with van der Waals surface area (Å²) in [5.74, 6) is -1.03. The van der Waals surface area contributed by atoms with Gasteiger partial charge in [0.05, 0.1) is 24.9 Å². The average molecular weight is 330 g/mol. The van der Waals surface area contributed by atoms with E-state index in [9.17, 15) is 14.0 Å². The second kappa shape index (κ2) is 8.79. The number of nitrogens with one attached hydrogen (secondary N) is 2. The number of methoxy groups -OCH3 is 1. The van der Waals surface area contributed by atoms with Crippen molar-refractivity contribution < 1.29 is 18.7 Å². The summed E-state index contributed by atoms with van der Waals surface area (Å²) in [5.41, 5.74) is 1.70. The van der Waals surface area contributed by atoms with Crippen LogP contribution in [0.15, 0.2) is 48.5 Å². The number of rotatable bonds is 7. The van der Waals surface area contributed by atoms with Crippen LogP contribution < -0.4 is 10.6 Å². The Bertz CT molecular complexity index is 702. The first kappa shape index (κ1) is 17.6. The zero-order chi connectivity index (χ0) is 17.4. The molecule has 0 bridgehead atoms. The van der Waals surface area contributed by atoms with Gasteiger partial charge in [0.15, 0.2) is 0 Å². The molecule has 0 fully saturated rings. The molecule has 2 N–H and O–H groups in total. The van der Waals surface area contributed by atoms with Crippen LogP contribution in [0.1, 0.15) is 15.9 Å². The maximum Gasteiger partial charge on any atom is 0.339 e. The SMILES string of the molecule is COC(=O)c1ccccc1NC(=O)CNCCc1ccc(F)cc1. The van der Waals surface area contributed by atoms with Gasteiger partial charge in [0.25, 0.3) is 0 Å². The Morgan fingerprint density at radius 2 is 1.79 bits per heavy atom. The predicted molar refractivity (Wildman–Crippen MR) is 89.4 cm³/mol. The van der Waals surface area contributed by atoms with E-state index in [0.717, 1.165) is 5.56 Å². The van der Waals surface area contributed by atoms with Crippen molar-refractivity contribution in [2.75, 3.05) is 25.5 Å². The first-order chi connectivity index (χ1) is 11.6. The average Bonchev–Trinajstić information content (AvgIpc) is 2.60. The molecule has 2 aromatic rings. The zero-order valence-electron chi connectivity index (χ0n) is 13.3. The standard InChI is InChI=1S/C18H19FN2O3/c1-24-18(23)15-4-2-3-5-16(15)21-17(22)12-20-11-10-13-6-8-14(19)9-7-13/h2-9,20H,10-12H2,1H3,(H,21,22). The third kappa shape index (κ3) is 5.17. The van der Waals surface area contributed by atoms with Gasteiger partial charge in [0, 0.05) is 0 Å². The highest BCUT2D eigenvalue weighted by Gasteiger charge is 2.12. The minimum absolute atomic E-state index is 0.108. The fourth-order valence-electron chi connectivity index (χ4n) is 2.16. The summed E-state index contributed by atoms with van der Waals surface area (Å²) in [7, 11) is 1.29. The van der Waals surface area contributed by atoms with E-state index in [-0.39, 0.29) is 18.3 Å². The lowest BCUT2D eigenvalue weighted by molar-refractivity contribution is -0.115. The van der Waals surface area contributed by atoms with E-state index in [1.807, 2.05) is 0 Å². The molecule has 0 heterocycles. The van der Waals surface area contributed by atoms with E-state index < -0.39 is 5.97 Å². The molecule has 126 valence electrons. The largest absolute Gasteiger partial charge is 0.465 e. The molecule has 0 saturated heterocycles. The third-order valence-corrected chi connectivity index (χ3v) is 3.40. The van der Waals surface area contributed by atoms with Crippen LogP contribution in [-0.2, 0) is 16.0 Å². The minimum Gasteiger partial charge on any atom is -0.465 e. The van der Waals surface area contributed by atoms with Gasteiger partial charge in [-0.3, -0.25) is 4.79 Å². The van der Waals surface area contributed by atoms with Crippen molar-refractivity contribution in [1.82, 2.24) is 5.32 Å². The monoisotopic (exact) mass is 330 g/mol. The van der Waals surface area contributed by atoms with E-state index in [1.165, 1.54) is 19.2 Å². The predicted octanol–water partition coefficient (Wildman–Crippen LogP) is 2.38. The Labute approximate surface area is 139 Å². The van der Waals surface area contributed by atoms with Crippen molar-refractivity contribution in [3.05, 3.63) is 65.5 Å². The molecule has 1 amide bonds. The first-order valence-corrected chi connectivity index (χ1v) is 7.52. The molecule has 0 aliphatic carbocycles. The van der Waals surface area contributed by atoms with Gasteiger partial charge in [-0.25, -0.2) is 9.18 Å². The van der Waals surface area contributed by atoms with Crippen molar-refractivity contribution in [2.24, 2.45) is 0 Å². The van der Waals surface area contributed by atoms with Crippen molar-refractivity contribution >= 4 is 17.6 Å². The van der Waals surface area contributed by atoms with Crippen molar-refractivity contribution in [3.8, 4) is 0 Å². The summed E-state index contributed by atoms with van der Waals surface area (Å²) in [6.07, 6.45) is 0.687. The molecule has 0 aliphatic heterocycles. The lowest BCUT2D eigenvalue weighted by atomic mass is 10.1. The van der Waals surface area contributed by atoms with Gasteiger partial charge < -0.3 is 15.4 Å². The lowest BCUT2D eigenvalue weighted by Crippen LogP contribution is -2.30. The molecule has 0 unspecified atom stereocenters. The molecule has 2 aromatic carbocycles. The molecular formula is C18H19FN2O3. The molecule has 2 rings (SSSR count). The van der Waals surface area contributed by atoms with Crippen LogP contribution in [-0.4, -0.2) is 32.1 Å². The molecule has 5 nitrogen and oxygen atoms in total. The number of esters is 1. The molecule has 6 heteroatoms. The van der Waals surface area contributed by atoms with Gasteiger partial charge in [-0.15, -0.1) is 0 Å². The lowest BCUT2D eigenvalue weighted by Gasteiger charge is -2.10. The van der Waals surface area contributed by atoms with Gasteiger partial charge in [0.1, 0.15) is 5.82 Å². The number of carbonyl (C=O) groups excluding carboxylic acids is 2. The highest BCUT2D eigenvalue weighted by atomic mass is 19.1. The number of anilines is 1. The van der Waals surface area contributed by atoms with E-state index >= 15 is 0 Å². The van der Waals surface area contributed by atoms with Crippen LogP contribution in [0.2, 0.25) is 0 Å². The van der Waals surface area contributed by atoms with Gasteiger partial charge >= 0.3 is 5.97 Å². The first-order valence-electron chi connectivity index (χ1n) is 7.52. The van der Waals surface area contributed by atoms with Gasteiger partial charge in [0.2, 0.25) is 5.91 Å². The number of para-hydroxylation sites is 1. The van der Waals surface area contributed by atoms with Crippen LogP contribution in [0, 0.1) is 5.82 Å². The number of hydrogen-bond donors (Lipinski definition) is 2. The van der Waals surface area contributed by atoms with Gasteiger partial charge in [-0.1, -0.05) is 24.3 Å². The number of amides is 1. The summed E-state index contributed by atoms with van der Waals surface area (Å²) in [5, 5.41) is 5.69. The molecule has 0 spiro atoms. The quantitative estimate of drug-likeness (QED) is 0.604. The van der Waals surface area contributed by atoms with E-state index in [2.05, 4.69) is 15.4 Å². The Balaban J connectivity index is 1.79. The highest BCUT2D eigenvalue weighted by Crippen LogP contribution is 2.15. The summed E-state index contributed by atoms with van der Waals surface area (Å²) in [6, 6.07) is 12.9. The Hall–Kier alpha value is -2.73. The maximum atomic E-state index is 12.8. The van der Waals surface area contributed by atoms with E-state index in [1.54, 1.807) is 36.4 Å². The van der Waals surface area contributed by atoms with E-state index in [0.29, 0.717) is 24.2 Å². The second-order valence-corrected chi connectivity index (χ2v) is 5.14. The summed E-state index contributed by atoms with van der Waals surface area (Å²) in [6.45, 7) is 0.689. The molecule has 24 heavy (non-hydrogen) atoms. The van der Waals surface area contributed by atoms with Crippen LogP contribution in [0.4, 0.5) is 10.1 Å². The van der Waals surface area contributed by atoms with Gasteiger partial charge in [-0.2, -0.15) is 0 Å². The highest BCUT2D eigenvalue weighted by molar-refractivity contribution is 6.01. The summed E-state index contributed by atoms with van der Waals surface area (Å²) < 4.78 is 17.5. The number of halogens is 1. The molecular weight excluding hydrogens is 311 g/mol. The Morgan fingerprint density at radius 1 is 1.08 bits per heavy atom. The number of benzene rings is 2. The number of ether oxygens (including phenoxy) is 1. The fraction of sp³-hybridized carbons (Fsp3) is 0.222. The van der Waals surface area contributed by atoms with Crippen LogP contribution in [0.5, 0.6) is 0 Å². The fourth-order valence-corrected chi connectivity index (χ4v) is 2.16. The number of carbonyl (C=O) groups is 2. The van der Waals surface area contributed by atoms with E-state index in [4.69, 9.17) is 0 Å². The normalized spacial score (nSPS) is 10.2. The Morgan fingerprint density at radius 3 is 2.50 bits per heavy atom. The minimum atomic E-state index is -0.504. The molecule has 0 radical (unpaired) electrons. The smallest absolute Gasteiger partial charge is 0.339 e.